The molecule has 8 heteroatoms. The molecule has 106 valence electrons. The maximum absolute atomic E-state index is 12.0. The van der Waals surface area contributed by atoms with E-state index in [4.69, 9.17) is 9.68 Å². The van der Waals surface area contributed by atoms with Gasteiger partial charge in [0, 0.05) is 6.20 Å². The Bertz CT molecular complexity index is 719. The Morgan fingerprint density at radius 1 is 1.48 bits per heavy atom. The molecule has 0 unspecified atom stereocenters. The molecule has 0 amide bonds. The van der Waals surface area contributed by atoms with Crippen molar-refractivity contribution in [2.75, 3.05) is 11.6 Å². The number of Topliss-reactive ketones (excluding diaryl/α,β-unsaturated/α-hetero) is 1. The molecule has 21 heavy (non-hydrogen) atoms. The predicted octanol–water partition coefficient (Wildman–Crippen LogP) is 2.20. The van der Waals surface area contributed by atoms with Crippen LogP contribution >= 0.6 is 11.8 Å². The van der Waals surface area contributed by atoms with E-state index in [9.17, 15) is 4.79 Å². The molecule has 0 saturated heterocycles. The van der Waals surface area contributed by atoms with Gasteiger partial charge in [0.1, 0.15) is 17.5 Å². The fourth-order valence-electron chi connectivity index (χ4n) is 1.44. The summed E-state index contributed by atoms with van der Waals surface area (Å²) in [4.78, 5) is 24.3. The second-order valence-corrected chi connectivity index (χ2v) is 4.59. The predicted molar refractivity (Wildman–Crippen MR) is 76.7 cm³/mol. The topological polar surface area (TPSA) is 105 Å². The molecule has 0 aliphatic carbocycles. The highest BCUT2D eigenvalue weighted by Gasteiger charge is 2.14. The molecule has 2 aromatic rings. The van der Waals surface area contributed by atoms with Crippen LogP contribution in [0.3, 0.4) is 0 Å². The molecular formula is C13H11N5O2S. The number of nitriles is 1. The molecule has 0 fully saturated rings. The first-order valence-corrected chi connectivity index (χ1v) is 7.08. The van der Waals surface area contributed by atoms with E-state index in [0.717, 1.165) is 0 Å². The van der Waals surface area contributed by atoms with Gasteiger partial charge >= 0.3 is 0 Å². The molecule has 0 spiro atoms. The van der Waals surface area contributed by atoms with Crippen LogP contribution in [0.1, 0.15) is 16.4 Å². The van der Waals surface area contributed by atoms with Crippen LogP contribution in [0.5, 0.6) is 0 Å². The number of hydrogen-bond acceptors (Lipinski definition) is 8. The molecule has 0 atom stereocenters. The molecule has 1 N–H and O–H groups in total. The van der Waals surface area contributed by atoms with E-state index in [0.29, 0.717) is 11.0 Å². The van der Waals surface area contributed by atoms with Crippen LogP contribution in [-0.4, -0.2) is 27.0 Å². The number of thioether (sulfide) groups is 1. The normalized spacial score (nSPS) is 11.0. The fourth-order valence-corrected chi connectivity index (χ4v) is 1.84. The highest BCUT2D eigenvalue weighted by atomic mass is 32.2. The highest BCUT2D eigenvalue weighted by molar-refractivity contribution is 7.98. The van der Waals surface area contributed by atoms with Crippen molar-refractivity contribution in [3.8, 4) is 6.07 Å². The van der Waals surface area contributed by atoms with Crippen molar-refractivity contribution in [2.45, 2.75) is 12.1 Å². The number of carbonyl (C=O) groups excluding carboxylic acids is 1. The number of allylic oxidation sites excluding steroid dienone is 1. The van der Waals surface area contributed by atoms with Gasteiger partial charge in [-0.05, 0) is 25.3 Å². The van der Waals surface area contributed by atoms with Gasteiger partial charge in [-0.15, -0.1) is 0 Å². The number of nitrogens with one attached hydrogen (secondary N) is 1. The third-order valence-corrected chi connectivity index (χ3v) is 2.91. The summed E-state index contributed by atoms with van der Waals surface area (Å²) in [7, 11) is 0. The quantitative estimate of drug-likeness (QED) is 0.388. The average molecular weight is 301 g/mol. The Morgan fingerprint density at radius 3 is 2.90 bits per heavy atom. The van der Waals surface area contributed by atoms with Gasteiger partial charge in [-0.25, -0.2) is 4.98 Å². The molecule has 2 heterocycles. The van der Waals surface area contributed by atoms with Crippen LogP contribution in [0.25, 0.3) is 0 Å². The summed E-state index contributed by atoms with van der Waals surface area (Å²) < 4.78 is 4.97. The van der Waals surface area contributed by atoms with Gasteiger partial charge < -0.3 is 9.73 Å². The van der Waals surface area contributed by atoms with Gasteiger partial charge in [0.15, 0.2) is 10.9 Å². The van der Waals surface area contributed by atoms with Crippen LogP contribution in [0.4, 0.5) is 5.95 Å². The first-order valence-electron chi connectivity index (χ1n) is 5.85. The van der Waals surface area contributed by atoms with Crippen molar-refractivity contribution in [1.29, 1.82) is 5.26 Å². The molecule has 0 radical (unpaired) electrons. The lowest BCUT2D eigenvalue weighted by Gasteiger charge is -2.03. The highest BCUT2D eigenvalue weighted by Crippen LogP contribution is 2.12. The number of ketones is 1. The summed E-state index contributed by atoms with van der Waals surface area (Å²) in [6.45, 7) is 1.73. The standard InChI is InChI=1S/C13H11N5O2S/c1-8-16-12(18-13(17-8)21-2)15-7-9(6-14)11(19)10-4-3-5-20-10/h3-5,7H,1-2H3,(H,15,16,17,18)/b9-7+. The lowest BCUT2D eigenvalue weighted by molar-refractivity contribution is 0.101. The third kappa shape index (κ3) is 3.67. The Morgan fingerprint density at radius 2 is 2.29 bits per heavy atom. The van der Waals surface area contributed by atoms with E-state index in [1.54, 1.807) is 13.0 Å². The lowest BCUT2D eigenvalue weighted by atomic mass is 10.1. The molecule has 0 aliphatic heterocycles. The summed E-state index contributed by atoms with van der Waals surface area (Å²) in [6.07, 6.45) is 4.47. The zero-order chi connectivity index (χ0) is 15.2. The largest absolute Gasteiger partial charge is 0.461 e. The number of rotatable bonds is 5. The van der Waals surface area contributed by atoms with Crippen molar-refractivity contribution < 1.29 is 9.21 Å². The van der Waals surface area contributed by atoms with Gasteiger partial charge in [0.05, 0.1) is 6.26 Å². The van der Waals surface area contributed by atoms with E-state index >= 15 is 0 Å². The number of aromatic nitrogens is 3. The zero-order valence-electron chi connectivity index (χ0n) is 11.3. The van der Waals surface area contributed by atoms with Gasteiger partial charge in [-0.3, -0.25) is 4.79 Å². The Kier molecular flexibility index (Phi) is 4.68. The van der Waals surface area contributed by atoms with Crippen LogP contribution < -0.4 is 5.32 Å². The van der Waals surface area contributed by atoms with Gasteiger partial charge in [-0.2, -0.15) is 15.2 Å². The van der Waals surface area contributed by atoms with E-state index in [2.05, 4.69) is 20.3 Å². The third-order valence-electron chi connectivity index (χ3n) is 2.36. The van der Waals surface area contributed by atoms with E-state index in [-0.39, 0.29) is 17.3 Å². The van der Waals surface area contributed by atoms with Gasteiger partial charge in [0.2, 0.25) is 11.7 Å². The van der Waals surface area contributed by atoms with E-state index in [1.165, 1.54) is 30.3 Å². The lowest BCUT2D eigenvalue weighted by Crippen LogP contribution is -2.06. The first kappa shape index (κ1) is 14.7. The summed E-state index contributed by atoms with van der Waals surface area (Å²) in [5.41, 5.74) is -0.103. The molecule has 2 aromatic heterocycles. The van der Waals surface area contributed by atoms with E-state index < -0.39 is 5.78 Å². The van der Waals surface area contributed by atoms with Gasteiger partial charge in [-0.1, -0.05) is 11.8 Å². The number of aryl methyl sites for hydroxylation is 1. The van der Waals surface area contributed by atoms with Crippen LogP contribution in [0.2, 0.25) is 0 Å². The summed E-state index contributed by atoms with van der Waals surface area (Å²) in [6, 6.07) is 4.89. The monoisotopic (exact) mass is 301 g/mol. The Balaban J connectivity index is 2.20. The first-order chi connectivity index (χ1) is 10.1. The van der Waals surface area contributed by atoms with Crippen molar-refractivity contribution in [3.05, 3.63) is 41.8 Å². The summed E-state index contributed by atoms with van der Waals surface area (Å²) >= 11 is 1.37. The SMILES string of the molecule is CSc1nc(C)nc(N/C=C(\C#N)C(=O)c2ccco2)n1. The Labute approximate surface area is 125 Å². The average Bonchev–Trinajstić information content (AvgIpc) is 3.01. The number of nitrogens with zero attached hydrogens (tertiary/aromatic N) is 4. The molecule has 0 aliphatic rings. The summed E-state index contributed by atoms with van der Waals surface area (Å²) in [5.74, 6) is 0.403. The van der Waals surface area contributed by atoms with Crippen LogP contribution in [0, 0.1) is 18.3 Å². The van der Waals surface area contributed by atoms with Crippen molar-refractivity contribution in [3.63, 3.8) is 0 Å². The molecule has 2 rings (SSSR count). The molecule has 0 aromatic carbocycles. The molecular weight excluding hydrogens is 290 g/mol. The van der Waals surface area contributed by atoms with Crippen LogP contribution in [0.15, 0.2) is 39.7 Å². The number of anilines is 1. The maximum atomic E-state index is 12.0. The molecule has 0 bridgehead atoms. The molecule has 0 saturated carbocycles. The van der Waals surface area contributed by atoms with Crippen LogP contribution in [-0.2, 0) is 0 Å². The zero-order valence-corrected chi connectivity index (χ0v) is 12.1. The minimum Gasteiger partial charge on any atom is -0.461 e. The number of hydrogen-bond donors (Lipinski definition) is 1. The molecule has 7 nitrogen and oxygen atoms in total. The van der Waals surface area contributed by atoms with E-state index in [1.807, 2.05) is 12.3 Å². The minimum atomic E-state index is -0.508. The second kappa shape index (κ2) is 6.67. The smallest absolute Gasteiger partial charge is 0.240 e. The van der Waals surface area contributed by atoms with Gasteiger partial charge in [0.25, 0.3) is 0 Å². The number of carbonyl (C=O) groups is 1. The maximum Gasteiger partial charge on any atom is 0.240 e. The summed E-state index contributed by atoms with van der Waals surface area (Å²) in [5, 5.41) is 12.3. The second-order valence-electron chi connectivity index (χ2n) is 3.81. The van der Waals surface area contributed by atoms with Crippen molar-refractivity contribution in [2.24, 2.45) is 0 Å². The van der Waals surface area contributed by atoms with Crippen molar-refractivity contribution in [1.82, 2.24) is 15.0 Å². The number of furan rings is 1. The Hall–Kier alpha value is -2.66. The fraction of sp³-hybridized carbons (Fsp3) is 0.154. The minimum absolute atomic E-state index is 0.0984. The van der Waals surface area contributed by atoms with Crippen molar-refractivity contribution >= 4 is 23.5 Å².